The summed E-state index contributed by atoms with van der Waals surface area (Å²) in [6, 6.07) is 14.6. The third kappa shape index (κ3) is 3.35. The van der Waals surface area contributed by atoms with Crippen LogP contribution in [0.25, 0.3) is 11.0 Å². The van der Waals surface area contributed by atoms with Gasteiger partial charge in [0.1, 0.15) is 0 Å². The van der Waals surface area contributed by atoms with Gasteiger partial charge in [-0.1, -0.05) is 31.2 Å². The summed E-state index contributed by atoms with van der Waals surface area (Å²) in [4.78, 5) is 22.3. The van der Waals surface area contributed by atoms with E-state index in [4.69, 9.17) is 0 Å². The Morgan fingerprint density at radius 2 is 2.12 bits per heavy atom. The highest BCUT2D eigenvalue weighted by atomic mass is 16.1. The van der Waals surface area contributed by atoms with E-state index < -0.39 is 0 Å². The van der Waals surface area contributed by atoms with Crippen molar-refractivity contribution in [3.8, 4) is 0 Å². The van der Waals surface area contributed by atoms with Crippen LogP contribution < -0.4 is 5.32 Å². The van der Waals surface area contributed by atoms with Crippen molar-refractivity contribution in [1.82, 2.24) is 20.2 Å². The molecule has 2 N–H and O–H groups in total. The first-order valence-corrected chi connectivity index (χ1v) is 9.26. The quantitative estimate of drug-likeness (QED) is 0.745. The summed E-state index contributed by atoms with van der Waals surface area (Å²) >= 11 is 0. The maximum absolute atomic E-state index is 12.5. The molecular formula is C21H24N4O. The normalized spacial score (nSPS) is 15.6. The van der Waals surface area contributed by atoms with Gasteiger partial charge in [-0.05, 0) is 42.2 Å². The second kappa shape index (κ2) is 7.30. The zero-order chi connectivity index (χ0) is 17.9. The van der Waals surface area contributed by atoms with E-state index in [1.54, 1.807) is 6.33 Å². The first-order valence-electron chi connectivity index (χ1n) is 9.26. The minimum atomic E-state index is -0.0302. The molecule has 0 unspecified atom stereocenters. The summed E-state index contributed by atoms with van der Waals surface area (Å²) in [5, 5.41) is 3.11. The number of H-pyrrole nitrogens is 1. The van der Waals surface area contributed by atoms with Gasteiger partial charge in [-0.15, -0.1) is 0 Å². The number of nitrogens with zero attached hydrogens (tertiary/aromatic N) is 2. The van der Waals surface area contributed by atoms with E-state index in [-0.39, 0.29) is 5.91 Å². The molecule has 1 aliphatic rings. The van der Waals surface area contributed by atoms with Crippen LogP contribution in [0.2, 0.25) is 0 Å². The number of hydrogen-bond donors (Lipinski definition) is 2. The third-order valence-electron chi connectivity index (χ3n) is 5.33. The van der Waals surface area contributed by atoms with Gasteiger partial charge in [-0.3, -0.25) is 9.69 Å². The van der Waals surface area contributed by atoms with Crippen molar-refractivity contribution >= 4 is 16.9 Å². The van der Waals surface area contributed by atoms with Crippen molar-refractivity contribution in [3.63, 3.8) is 0 Å². The Morgan fingerprint density at radius 3 is 2.96 bits per heavy atom. The van der Waals surface area contributed by atoms with Crippen molar-refractivity contribution in [3.05, 3.63) is 65.5 Å². The molecule has 0 saturated carbocycles. The van der Waals surface area contributed by atoms with E-state index in [0.717, 1.165) is 37.0 Å². The molecule has 0 aliphatic carbocycles. The fourth-order valence-corrected chi connectivity index (χ4v) is 3.75. The monoisotopic (exact) mass is 348 g/mol. The maximum Gasteiger partial charge on any atom is 0.251 e. The molecule has 134 valence electrons. The number of aromatic nitrogens is 2. The highest BCUT2D eigenvalue weighted by molar-refractivity contribution is 5.97. The number of nitrogens with one attached hydrogen (secondary N) is 2. The predicted octanol–water partition coefficient (Wildman–Crippen LogP) is 3.13. The molecule has 2 aromatic carbocycles. The van der Waals surface area contributed by atoms with E-state index in [1.165, 1.54) is 11.1 Å². The van der Waals surface area contributed by atoms with Gasteiger partial charge < -0.3 is 10.3 Å². The van der Waals surface area contributed by atoms with Gasteiger partial charge in [0.15, 0.2) is 0 Å². The lowest BCUT2D eigenvalue weighted by molar-refractivity contribution is 0.0926. The Kier molecular flexibility index (Phi) is 4.71. The second-order valence-electron chi connectivity index (χ2n) is 6.90. The molecule has 3 aromatic rings. The standard InChI is InChI=1S/C21H24N4O/c1-2-18(25-10-9-15-5-3-4-6-17(15)13-25)12-22-21(26)16-7-8-19-20(11-16)24-14-23-19/h3-8,11,14,18H,2,9-10,12-13H2,1H3,(H,22,26)(H,23,24)/t18-/m1/s1. The summed E-state index contributed by atoms with van der Waals surface area (Å²) in [6.45, 7) is 4.86. The Labute approximate surface area is 153 Å². The van der Waals surface area contributed by atoms with E-state index >= 15 is 0 Å². The average molecular weight is 348 g/mol. The maximum atomic E-state index is 12.5. The molecule has 1 amide bonds. The highest BCUT2D eigenvalue weighted by Crippen LogP contribution is 2.21. The van der Waals surface area contributed by atoms with E-state index in [2.05, 4.69) is 51.4 Å². The van der Waals surface area contributed by atoms with Crippen molar-refractivity contribution in [2.45, 2.75) is 32.4 Å². The zero-order valence-electron chi connectivity index (χ0n) is 15.0. The summed E-state index contributed by atoms with van der Waals surface area (Å²) < 4.78 is 0. The topological polar surface area (TPSA) is 61.0 Å². The van der Waals surface area contributed by atoms with Crippen LogP contribution in [-0.2, 0) is 13.0 Å². The summed E-state index contributed by atoms with van der Waals surface area (Å²) in [5.41, 5.74) is 5.29. The Hall–Kier alpha value is -2.66. The van der Waals surface area contributed by atoms with Crippen LogP contribution in [0.1, 0.15) is 34.8 Å². The molecule has 1 atom stereocenters. The van der Waals surface area contributed by atoms with E-state index in [0.29, 0.717) is 18.2 Å². The SMILES string of the molecule is CC[C@H](CNC(=O)c1ccc2nc[nH]c2c1)N1CCc2ccccc2C1. The lowest BCUT2D eigenvalue weighted by Gasteiger charge is -2.35. The molecule has 0 bridgehead atoms. The molecule has 5 nitrogen and oxygen atoms in total. The lowest BCUT2D eigenvalue weighted by Crippen LogP contribution is -2.45. The number of rotatable bonds is 5. The molecule has 0 fully saturated rings. The molecule has 1 aliphatic heterocycles. The van der Waals surface area contributed by atoms with Crippen molar-refractivity contribution < 1.29 is 4.79 Å². The largest absolute Gasteiger partial charge is 0.350 e. The number of aromatic amines is 1. The van der Waals surface area contributed by atoms with Crippen molar-refractivity contribution in [1.29, 1.82) is 0 Å². The van der Waals surface area contributed by atoms with Crippen molar-refractivity contribution in [2.24, 2.45) is 0 Å². The number of carbonyl (C=O) groups excluding carboxylic acids is 1. The molecule has 5 heteroatoms. The minimum absolute atomic E-state index is 0.0302. The number of benzene rings is 2. The molecule has 26 heavy (non-hydrogen) atoms. The first-order chi connectivity index (χ1) is 12.7. The highest BCUT2D eigenvalue weighted by Gasteiger charge is 2.22. The van der Waals surface area contributed by atoms with Crippen molar-refractivity contribution in [2.75, 3.05) is 13.1 Å². The van der Waals surface area contributed by atoms with Gasteiger partial charge in [-0.2, -0.15) is 0 Å². The number of fused-ring (bicyclic) bond motifs is 2. The Balaban J connectivity index is 1.40. The summed E-state index contributed by atoms with van der Waals surface area (Å²) in [7, 11) is 0. The van der Waals surface area contributed by atoms with Crippen LogP contribution in [0.5, 0.6) is 0 Å². The van der Waals surface area contributed by atoms with Gasteiger partial charge in [0, 0.05) is 31.2 Å². The smallest absolute Gasteiger partial charge is 0.251 e. The minimum Gasteiger partial charge on any atom is -0.350 e. The molecule has 0 radical (unpaired) electrons. The molecule has 2 heterocycles. The Bertz CT molecular complexity index is 917. The fourth-order valence-electron chi connectivity index (χ4n) is 3.75. The van der Waals surface area contributed by atoms with Crippen LogP contribution in [0.15, 0.2) is 48.8 Å². The zero-order valence-corrected chi connectivity index (χ0v) is 15.0. The van der Waals surface area contributed by atoms with Gasteiger partial charge in [0.2, 0.25) is 0 Å². The van der Waals surface area contributed by atoms with E-state index in [1.807, 2.05) is 18.2 Å². The van der Waals surface area contributed by atoms with Gasteiger partial charge in [0.25, 0.3) is 5.91 Å². The van der Waals surface area contributed by atoms with Crippen LogP contribution in [0.4, 0.5) is 0 Å². The molecule has 1 aromatic heterocycles. The van der Waals surface area contributed by atoms with E-state index in [9.17, 15) is 4.79 Å². The summed E-state index contributed by atoms with van der Waals surface area (Å²) in [6.07, 6.45) is 3.74. The fraction of sp³-hybridized carbons (Fsp3) is 0.333. The molecule has 0 saturated heterocycles. The van der Waals surface area contributed by atoms with Gasteiger partial charge in [0.05, 0.1) is 17.4 Å². The molecule has 0 spiro atoms. The third-order valence-corrected chi connectivity index (χ3v) is 5.33. The summed E-state index contributed by atoms with van der Waals surface area (Å²) in [5.74, 6) is -0.0302. The van der Waals surface area contributed by atoms with Gasteiger partial charge >= 0.3 is 0 Å². The lowest BCUT2D eigenvalue weighted by atomic mass is 9.98. The number of imidazole rings is 1. The van der Waals surface area contributed by atoms with Crippen LogP contribution in [-0.4, -0.2) is 39.9 Å². The Morgan fingerprint density at radius 1 is 1.27 bits per heavy atom. The number of carbonyl (C=O) groups is 1. The van der Waals surface area contributed by atoms with Crippen LogP contribution in [0.3, 0.4) is 0 Å². The first kappa shape index (κ1) is 16.8. The predicted molar refractivity (Wildman–Crippen MR) is 103 cm³/mol. The van der Waals surface area contributed by atoms with Gasteiger partial charge in [-0.25, -0.2) is 4.98 Å². The second-order valence-corrected chi connectivity index (χ2v) is 6.90. The molecular weight excluding hydrogens is 324 g/mol. The number of hydrogen-bond acceptors (Lipinski definition) is 3. The van der Waals surface area contributed by atoms with Crippen LogP contribution >= 0.6 is 0 Å². The average Bonchev–Trinajstić information content (AvgIpc) is 3.16. The van der Waals surface area contributed by atoms with Crippen LogP contribution in [0, 0.1) is 0 Å². The number of amides is 1. The molecule has 4 rings (SSSR count).